The first-order valence-electron chi connectivity index (χ1n) is 6.68. The van der Waals surface area contributed by atoms with Gasteiger partial charge in [0, 0.05) is 22.7 Å². The van der Waals surface area contributed by atoms with E-state index in [1.54, 1.807) is 12.1 Å². The summed E-state index contributed by atoms with van der Waals surface area (Å²) >= 11 is 3.34. The maximum Gasteiger partial charge on any atom is 0.253 e. The fourth-order valence-electron chi connectivity index (χ4n) is 2.46. The van der Waals surface area contributed by atoms with E-state index in [1.165, 1.54) is 0 Å². The molecule has 0 saturated carbocycles. The van der Waals surface area contributed by atoms with Crippen LogP contribution in [-0.4, -0.2) is 36.5 Å². The lowest BCUT2D eigenvalue weighted by molar-refractivity contribution is 0.0907. The predicted octanol–water partition coefficient (Wildman–Crippen LogP) is 2.25. The zero-order valence-electron chi connectivity index (χ0n) is 11.2. The predicted molar refractivity (Wildman–Crippen MR) is 81.2 cm³/mol. The Labute approximate surface area is 122 Å². The number of hydrogen-bond acceptors (Lipinski definition) is 3. The maximum absolute atomic E-state index is 12.2. The normalized spacial score (nSPS) is 20.2. The molecule has 1 amide bonds. The molecule has 0 spiro atoms. The van der Waals surface area contributed by atoms with Crippen LogP contribution in [0.1, 0.15) is 30.1 Å². The molecule has 1 saturated heterocycles. The van der Waals surface area contributed by atoms with Gasteiger partial charge >= 0.3 is 0 Å². The number of amides is 1. The number of nitrogens with zero attached hydrogens (tertiary/aromatic N) is 1. The third kappa shape index (κ3) is 3.70. The first-order chi connectivity index (χ1) is 9.10. The average molecular weight is 326 g/mol. The number of hydrogen-bond donors (Lipinski definition) is 2. The van der Waals surface area contributed by atoms with E-state index >= 15 is 0 Å². The van der Waals surface area contributed by atoms with E-state index in [1.807, 2.05) is 6.07 Å². The molecule has 5 heteroatoms. The second kappa shape index (κ2) is 6.39. The highest BCUT2D eigenvalue weighted by molar-refractivity contribution is 9.10. The zero-order chi connectivity index (χ0) is 13.8. The maximum atomic E-state index is 12.2. The van der Waals surface area contributed by atoms with Crippen LogP contribution in [0.2, 0.25) is 0 Å². The standard InChI is InChI=1S/C14H20BrN3O/c1-2-18-7-3-4-11(9-18)17-14(19)12-6-5-10(15)8-13(12)16/h5-6,8,11H,2-4,7,9,16H2,1H3,(H,17,19). The van der Waals surface area contributed by atoms with Crippen molar-refractivity contribution in [3.05, 3.63) is 28.2 Å². The molecule has 1 fully saturated rings. The lowest BCUT2D eigenvalue weighted by atomic mass is 10.0. The number of benzene rings is 1. The third-order valence-corrected chi connectivity index (χ3v) is 4.04. The summed E-state index contributed by atoms with van der Waals surface area (Å²) in [6.07, 6.45) is 2.17. The molecule has 1 heterocycles. The Balaban J connectivity index is 2.00. The first kappa shape index (κ1) is 14.3. The number of likely N-dealkylation sites (N-methyl/N-ethyl adjacent to an activating group) is 1. The van der Waals surface area contributed by atoms with E-state index in [9.17, 15) is 4.79 Å². The molecular formula is C14H20BrN3O. The molecule has 19 heavy (non-hydrogen) atoms. The Morgan fingerprint density at radius 2 is 2.37 bits per heavy atom. The van der Waals surface area contributed by atoms with Crippen LogP contribution in [0, 0.1) is 0 Å². The van der Waals surface area contributed by atoms with E-state index in [0.29, 0.717) is 11.3 Å². The highest BCUT2D eigenvalue weighted by Gasteiger charge is 2.21. The Morgan fingerprint density at radius 1 is 1.58 bits per heavy atom. The molecule has 1 aliphatic heterocycles. The van der Waals surface area contributed by atoms with Crippen LogP contribution in [0.4, 0.5) is 5.69 Å². The lowest BCUT2D eigenvalue weighted by Crippen LogP contribution is -2.47. The summed E-state index contributed by atoms with van der Waals surface area (Å²) in [5.74, 6) is -0.0760. The molecule has 0 aliphatic carbocycles. The van der Waals surface area contributed by atoms with Crippen LogP contribution in [-0.2, 0) is 0 Å². The molecule has 3 N–H and O–H groups in total. The molecule has 1 aromatic rings. The Kier molecular flexibility index (Phi) is 4.82. The van der Waals surface area contributed by atoms with E-state index in [0.717, 1.165) is 36.9 Å². The van der Waals surface area contributed by atoms with Gasteiger partial charge in [0.05, 0.1) is 5.56 Å². The van der Waals surface area contributed by atoms with Crippen LogP contribution in [0.25, 0.3) is 0 Å². The Bertz CT molecular complexity index is 464. The summed E-state index contributed by atoms with van der Waals surface area (Å²) in [6.45, 7) is 5.24. The summed E-state index contributed by atoms with van der Waals surface area (Å²) in [7, 11) is 0. The van der Waals surface area contributed by atoms with Gasteiger partial charge in [0.25, 0.3) is 5.91 Å². The SMILES string of the molecule is CCN1CCCC(NC(=O)c2ccc(Br)cc2N)C1. The fraction of sp³-hybridized carbons (Fsp3) is 0.500. The van der Waals surface area contributed by atoms with E-state index in [4.69, 9.17) is 5.73 Å². The minimum Gasteiger partial charge on any atom is -0.398 e. The van der Waals surface area contributed by atoms with Gasteiger partial charge < -0.3 is 16.0 Å². The molecule has 1 atom stereocenters. The van der Waals surface area contributed by atoms with E-state index in [2.05, 4.69) is 33.1 Å². The van der Waals surface area contributed by atoms with Gasteiger partial charge in [-0.25, -0.2) is 0 Å². The highest BCUT2D eigenvalue weighted by atomic mass is 79.9. The largest absolute Gasteiger partial charge is 0.398 e. The summed E-state index contributed by atoms with van der Waals surface area (Å²) < 4.78 is 0.886. The molecule has 0 radical (unpaired) electrons. The molecule has 1 aromatic carbocycles. The van der Waals surface area contributed by atoms with Crippen molar-refractivity contribution in [2.24, 2.45) is 0 Å². The number of piperidine rings is 1. The van der Waals surface area contributed by atoms with Crippen LogP contribution < -0.4 is 11.1 Å². The zero-order valence-corrected chi connectivity index (χ0v) is 12.7. The van der Waals surface area contributed by atoms with Gasteiger partial charge in [-0.3, -0.25) is 4.79 Å². The summed E-state index contributed by atoms with van der Waals surface area (Å²) in [5, 5.41) is 3.08. The molecule has 0 bridgehead atoms. The van der Waals surface area contributed by atoms with Gasteiger partial charge in [-0.05, 0) is 44.1 Å². The number of nitrogens with one attached hydrogen (secondary N) is 1. The number of rotatable bonds is 3. The van der Waals surface area contributed by atoms with Gasteiger partial charge in [-0.15, -0.1) is 0 Å². The number of nitrogen functional groups attached to an aromatic ring is 1. The number of anilines is 1. The first-order valence-corrected chi connectivity index (χ1v) is 7.47. The molecule has 2 rings (SSSR count). The van der Waals surface area contributed by atoms with Crippen LogP contribution >= 0.6 is 15.9 Å². The van der Waals surface area contributed by atoms with Gasteiger partial charge in [0.2, 0.25) is 0 Å². The monoisotopic (exact) mass is 325 g/mol. The Hall–Kier alpha value is -1.07. The minimum absolute atomic E-state index is 0.0760. The number of carbonyl (C=O) groups excluding carboxylic acids is 1. The van der Waals surface area contributed by atoms with Crippen molar-refractivity contribution >= 4 is 27.5 Å². The van der Waals surface area contributed by atoms with Gasteiger partial charge in [-0.2, -0.15) is 0 Å². The van der Waals surface area contributed by atoms with Crippen molar-refractivity contribution in [2.45, 2.75) is 25.8 Å². The number of likely N-dealkylation sites (tertiary alicyclic amines) is 1. The number of nitrogens with two attached hydrogens (primary N) is 1. The van der Waals surface area contributed by atoms with Crippen molar-refractivity contribution in [1.82, 2.24) is 10.2 Å². The molecule has 1 aliphatic rings. The summed E-state index contributed by atoms with van der Waals surface area (Å²) in [5.41, 5.74) is 6.94. The minimum atomic E-state index is -0.0760. The second-order valence-corrected chi connectivity index (χ2v) is 5.85. The van der Waals surface area contributed by atoms with Crippen molar-refractivity contribution in [3.63, 3.8) is 0 Å². The topological polar surface area (TPSA) is 58.4 Å². The van der Waals surface area contributed by atoms with Crippen LogP contribution in [0.15, 0.2) is 22.7 Å². The molecule has 0 aromatic heterocycles. The highest BCUT2D eigenvalue weighted by Crippen LogP contribution is 2.19. The van der Waals surface area contributed by atoms with E-state index < -0.39 is 0 Å². The quantitative estimate of drug-likeness (QED) is 0.838. The number of halogens is 1. The smallest absolute Gasteiger partial charge is 0.253 e. The van der Waals surface area contributed by atoms with E-state index in [-0.39, 0.29) is 11.9 Å². The van der Waals surface area contributed by atoms with Gasteiger partial charge in [-0.1, -0.05) is 22.9 Å². The third-order valence-electron chi connectivity index (χ3n) is 3.55. The second-order valence-electron chi connectivity index (χ2n) is 4.94. The van der Waals surface area contributed by atoms with Crippen molar-refractivity contribution in [2.75, 3.05) is 25.4 Å². The van der Waals surface area contributed by atoms with Crippen LogP contribution in [0.3, 0.4) is 0 Å². The Morgan fingerprint density at radius 3 is 3.05 bits per heavy atom. The van der Waals surface area contributed by atoms with Gasteiger partial charge in [0.15, 0.2) is 0 Å². The van der Waals surface area contributed by atoms with Gasteiger partial charge in [0.1, 0.15) is 0 Å². The lowest BCUT2D eigenvalue weighted by Gasteiger charge is -2.32. The fourth-order valence-corrected chi connectivity index (χ4v) is 2.84. The summed E-state index contributed by atoms with van der Waals surface area (Å²) in [6, 6.07) is 5.58. The van der Waals surface area contributed by atoms with Crippen molar-refractivity contribution in [3.8, 4) is 0 Å². The molecule has 104 valence electrons. The molecular weight excluding hydrogens is 306 g/mol. The summed E-state index contributed by atoms with van der Waals surface area (Å²) in [4.78, 5) is 14.6. The van der Waals surface area contributed by atoms with Crippen LogP contribution in [0.5, 0.6) is 0 Å². The molecule has 4 nitrogen and oxygen atoms in total. The number of carbonyl (C=O) groups is 1. The average Bonchev–Trinajstić information content (AvgIpc) is 2.38. The molecule has 1 unspecified atom stereocenters. The van der Waals surface area contributed by atoms with Crippen molar-refractivity contribution < 1.29 is 4.79 Å². The van der Waals surface area contributed by atoms with Crippen molar-refractivity contribution in [1.29, 1.82) is 0 Å².